The molecular formula is C14H14F3NO. The Morgan fingerprint density at radius 1 is 1.16 bits per heavy atom. The van der Waals surface area contributed by atoms with Crippen LogP contribution in [0.2, 0.25) is 0 Å². The van der Waals surface area contributed by atoms with Gasteiger partial charge in [0.1, 0.15) is 0 Å². The molecule has 102 valence electrons. The van der Waals surface area contributed by atoms with Gasteiger partial charge >= 0.3 is 6.18 Å². The number of aliphatic imine (C=N–C) groups is 1. The lowest BCUT2D eigenvalue weighted by molar-refractivity contribution is -0.127. The van der Waals surface area contributed by atoms with E-state index in [1.165, 1.54) is 12.1 Å². The third kappa shape index (κ3) is 3.24. The van der Waals surface area contributed by atoms with E-state index in [0.29, 0.717) is 0 Å². The van der Waals surface area contributed by atoms with Gasteiger partial charge in [0.25, 0.3) is 0 Å². The van der Waals surface area contributed by atoms with Crippen molar-refractivity contribution in [3.63, 3.8) is 0 Å². The number of alkyl halides is 3. The molecule has 0 radical (unpaired) electrons. The van der Waals surface area contributed by atoms with Crippen LogP contribution in [0, 0.1) is 0 Å². The first-order chi connectivity index (χ1) is 8.95. The van der Waals surface area contributed by atoms with Crippen LogP contribution in [-0.2, 0) is 16.8 Å². The molecule has 1 fully saturated rings. The van der Waals surface area contributed by atoms with Crippen molar-refractivity contribution >= 4 is 6.08 Å². The molecule has 0 unspecified atom stereocenters. The van der Waals surface area contributed by atoms with Crippen LogP contribution in [0.5, 0.6) is 0 Å². The van der Waals surface area contributed by atoms with Gasteiger partial charge in [-0.05, 0) is 24.0 Å². The minimum absolute atomic E-state index is 0.222. The molecule has 0 atom stereocenters. The Balaban J connectivity index is 2.24. The number of nitrogens with zero attached hydrogens (tertiary/aromatic N) is 1. The van der Waals surface area contributed by atoms with E-state index in [1.807, 2.05) is 0 Å². The molecule has 1 aromatic carbocycles. The van der Waals surface area contributed by atoms with Gasteiger partial charge in [0.2, 0.25) is 6.08 Å². The topological polar surface area (TPSA) is 29.4 Å². The first kappa shape index (κ1) is 13.8. The van der Waals surface area contributed by atoms with Crippen molar-refractivity contribution in [2.45, 2.75) is 43.8 Å². The second kappa shape index (κ2) is 5.17. The quantitative estimate of drug-likeness (QED) is 0.604. The Hall–Kier alpha value is -1.61. The largest absolute Gasteiger partial charge is 0.393 e. The molecule has 0 N–H and O–H groups in total. The van der Waals surface area contributed by atoms with Crippen LogP contribution >= 0.6 is 0 Å². The lowest BCUT2D eigenvalue weighted by Crippen LogP contribution is -2.19. The van der Waals surface area contributed by atoms with Crippen LogP contribution in [-0.4, -0.2) is 12.3 Å². The van der Waals surface area contributed by atoms with Crippen molar-refractivity contribution in [3.8, 4) is 0 Å². The Morgan fingerprint density at radius 2 is 1.74 bits per heavy atom. The van der Waals surface area contributed by atoms with E-state index in [4.69, 9.17) is 0 Å². The van der Waals surface area contributed by atoms with Crippen LogP contribution in [0.3, 0.4) is 0 Å². The van der Waals surface area contributed by atoms with Crippen LogP contribution in [0.4, 0.5) is 13.2 Å². The molecule has 5 heteroatoms. The molecule has 2 nitrogen and oxygen atoms in total. The van der Waals surface area contributed by atoms with Crippen molar-refractivity contribution in [3.05, 3.63) is 35.4 Å². The maximum absolute atomic E-state index is 12.3. The maximum atomic E-state index is 12.3. The van der Waals surface area contributed by atoms with Crippen LogP contribution < -0.4 is 0 Å². The number of hydrogen-bond acceptors (Lipinski definition) is 2. The highest BCUT2D eigenvalue weighted by Crippen LogP contribution is 2.42. The summed E-state index contributed by atoms with van der Waals surface area (Å²) in [6.07, 6.45) is -0.100. The summed E-state index contributed by atoms with van der Waals surface area (Å²) in [6.45, 7) is 0. The zero-order valence-corrected chi connectivity index (χ0v) is 10.3. The van der Waals surface area contributed by atoms with Crippen molar-refractivity contribution in [1.82, 2.24) is 0 Å². The molecule has 19 heavy (non-hydrogen) atoms. The van der Waals surface area contributed by atoms with Crippen molar-refractivity contribution in [2.24, 2.45) is 4.99 Å². The Labute approximate surface area is 109 Å². The molecule has 1 aliphatic rings. The smallest absolute Gasteiger partial charge is 0.211 e. The van der Waals surface area contributed by atoms with Gasteiger partial charge in [-0.15, -0.1) is 0 Å². The zero-order valence-electron chi connectivity index (χ0n) is 10.3. The van der Waals surface area contributed by atoms with E-state index >= 15 is 0 Å². The zero-order chi connectivity index (χ0) is 13.9. The first-order valence-corrected chi connectivity index (χ1v) is 6.20. The standard InChI is InChI=1S/C14H14F3NO/c15-14(16,17)9-11-3-5-12(6-4-11)13(18-10-19)7-1-2-8-13/h3-6H,1-2,7-9H2. The summed E-state index contributed by atoms with van der Waals surface area (Å²) >= 11 is 0. The lowest BCUT2D eigenvalue weighted by atomic mass is 9.88. The predicted molar refractivity (Wildman–Crippen MR) is 64.5 cm³/mol. The Kier molecular flexibility index (Phi) is 3.76. The van der Waals surface area contributed by atoms with Gasteiger partial charge in [-0.2, -0.15) is 18.2 Å². The number of carbonyl (C=O) groups excluding carboxylic acids is 1. The van der Waals surface area contributed by atoms with Crippen LogP contribution in [0.25, 0.3) is 0 Å². The number of rotatable bonds is 3. The van der Waals surface area contributed by atoms with E-state index in [-0.39, 0.29) is 5.56 Å². The van der Waals surface area contributed by atoms with Gasteiger partial charge in [0, 0.05) is 0 Å². The molecular weight excluding hydrogens is 255 g/mol. The summed E-state index contributed by atoms with van der Waals surface area (Å²) in [6, 6.07) is 6.22. The average Bonchev–Trinajstić information content (AvgIpc) is 2.78. The summed E-state index contributed by atoms with van der Waals surface area (Å²) in [5.74, 6) is 0. The molecule has 0 aliphatic heterocycles. The SMILES string of the molecule is O=C=NC1(c2ccc(CC(F)(F)F)cc2)CCCC1. The van der Waals surface area contributed by atoms with E-state index in [1.54, 1.807) is 18.2 Å². The fourth-order valence-electron chi connectivity index (χ4n) is 2.68. The first-order valence-electron chi connectivity index (χ1n) is 6.20. The molecule has 0 amide bonds. The third-order valence-electron chi connectivity index (χ3n) is 3.59. The number of isocyanates is 1. The Morgan fingerprint density at radius 3 is 2.21 bits per heavy atom. The normalized spacial score (nSPS) is 18.1. The predicted octanol–water partition coefficient (Wildman–Crippen LogP) is 3.90. The van der Waals surface area contributed by atoms with Gasteiger partial charge in [-0.3, -0.25) is 0 Å². The minimum atomic E-state index is -4.20. The number of benzene rings is 1. The summed E-state index contributed by atoms with van der Waals surface area (Å²) in [5.41, 5.74) is 0.456. The summed E-state index contributed by atoms with van der Waals surface area (Å²) < 4.78 is 36.8. The van der Waals surface area contributed by atoms with Crippen LogP contribution in [0.15, 0.2) is 29.3 Å². The summed E-state index contributed by atoms with van der Waals surface area (Å²) in [4.78, 5) is 14.5. The summed E-state index contributed by atoms with van der Waals surface area (Å²) in [5, 5.41) is 0. The summed E-state index contributed by atoms with van der Waals surface area (Å²) in [7, 11) is 0. The lowest BCUT2D eigenvalue weighted by Gasteiger charge is -2.23. The average molecular weight is 269 g/mol. The number of halogens is 3. The van der Waals surface area contributed by atoms with Crippen molar-refractivity contribution in [2.75, 3.05) is 0 Å². The maximum Gasteiger partial charge on any atom is 0.393 e. The van der Waals surface area contributed by atoms with Gasteiger partial charge in [0.15, 0.2) is 0 Å². The highest BCUT2D eigenvalue weighted by Gasteiger charge is 2.35. The van der Waals surface area contributed by atoms with E-state index in [2.05, 4.69) is 4.99 Å². The second-order valence-corrected chi connectivity index (χ2v) is 4.93. The monoisotopic (exact) mass is 269 g/mol. The molecule has 0 saturated heterocycles. The van der Waals surface area contributed by atoms with E-state index in [0.717, 1.165) is 31.2 Å². The molecule has 0 aromatic heterocycles. The molecule has 0 heterocycles. The fraction of sp³-hybridized carbons (Fsp3) is 0.500. The van der Waals surface area contributed by atoms with Gasteiger partial charge in [-0.1, -0.05) is 37.1 Å². The van der Waals surface area contributed by atoms with E-state index < -0.39 is 18.1 Å². The van der Waals surface area contributed by atoms with Crippen molar-refractivity contribution < 1.29 is 18.0 Å². The van der Waals surface area contributed by atoms with Crippen molar-refractivity contribution in [1.29, 1.82) is 0 Å². The molecule has 1 saturated carbocycles. The number of hydrogen-bond donors (Lipinski definition) is 0. The van der Waals surface area contributed by atoms with Gasteiger partial charge in [-0.25, -0.2) is 4.79 Å². The molecule has 0 spiro atoms. The molecule has 1 aromatic rings. The molecule has 2 rings (SSSR count). The van der Waals surface area contributed by atoms with Gasteiger partial charge in [0.05, 0.1) is 12.0 Å². The second-order valence-electron chi connectivity index (χ2n) is 4.93. The highest BCUT2D eigenvalue weighted by atomic mass is 19.4. The minimum Gasteiger partial charge on any atom is -0.211 e. The molecule has 0 bridgehead atoms. The fourth-order valence-corrected chi connectivity index (χ4v) is 2.68. The Bertz CT molecular complexity index is 480. The third-order valence-corrected chi connectivity index (χ3v) is 3.59. The van der Waals surface area contributed by atoms with Crippen LogP contribution in [0.1, 0.15) is 36.8 Å². The highest BCUT2D eigenvalue weighted by molar-refractivity contribution is 5.39. The van der Waals surface area contributed by atoms with Gasteiger partial charge < -0.3 is 0 Å². The van der Waals surface area contributed by atoms with E-state index in [9.17, 15) is 18.0 Å². The molecule has 1 aliphatic carbocycles.